The Labute approximate surface area is 208 Å². The van der Waals surface area contributed by atoms with Gasteiger partial charge in [0, 0.05) is 45.3 Å². The van der Waals surface area contributed by atoms with Crippen LogP contribution in [0, 0.1) is 13.8 Å². The molecule has 3 aromatic rings. The van der Waals surface area contributed by atoms with E-state index in [0.29, 0.717) is 18.8 Å². The molecule has 0 N–H and O–H groups in total. The van der Waals surface area contributed by atoms with E-state index in [1.54, 1.807) is 8.99 Å². The predicted molar refractivity (Wildman–Crippen MR) is 136 cm³/mol. The number of hydrogen-bond acceptors (Lipinski definition) is 6. The van der Waals surface area contributed by atoms with Crippen molar-refractivity contribution in [1.29, 1.82) is 0 Å². The fourth-order valence-electron chi connectivity index (χ4n) is 5.04. The van der Waals surface area contributed by atoms with Crippen molar-refractivity contribution in [1.82, 2.24) is 29.1 Å². The van der Waals surface area contributed by atoms with Crippen molar-refractivity contribution in [3.63, 3.8) is 0 Å². The summed E-state index contributed by atoms with van der Waals surface area (Å²) in [6.07, 6.45) is 1.85. The van der Waals surface area contributed by atoms with E-state index in [0.717, 1.165) is 38.3 Å². The first-order chi connectivity index (χ1) is 16.8. The Morgan fingerprint density at radius 2 is 1.66 bits per heavy atom. The third-order valence-electron chi connectivity index (χ3n) is 7.01. The normalized spacial score (nSPS) is 21.5. The third kappa shape index (κ3) is 5.98. The summed E-state index contributed by atoms with van der Waals surface area (Å²) in [5.74, 6) is 0.183. The molecule has 35 heavy (non-hydrogen) atoms. The SMILES string of the molecule is Cc1ccc(Cn2cc(CN3CC(N4CCN(Cc5cccc(C)c5)CC4)CS3(=O)=O)nn2)cc1. The second kappa shape index (κ2) is 10.2. The first kappa shape index (κ1) is 24.1. The molecule has 3 heterocycles. The molecular weight excluding hydrogens is 460 g/mol. The summed E-state index contributed by atoms with van der Waals surface area (Å²) < 4.78 is 29.2. The summed E-state index contributed by atoms with van der Waals surface area (Å²) in [6.45, 7) is 10.3. The molecule has 186 valence electrons. The Hall–Kier alpha value is -2.59. The van der Waals surface area contributed by atoms with Gasteiger partial charge in [-0.2, -0.15) is 4.31 Å². The van der Waals surface area contributed by atoms with E-state index in [1.807, 2.05) is 6.20 Å². The molecule has 1 unspecified atom stereocenters. The third-order valence-corrected chi connectivity index (χ3v) is 8.88. The van der Waals surface area contributed by atoms with E-state index in [9.17, 15) is 8.42 Å². The summed E-state index contributed by atoms with van der Waals surface area (Å²) >= 11 is 0. The minimum atomic E-state index is -3.30. The van der Waals surface area contributed by atoms with Gasteiger partial charge in [0.25, 0.3) is 0 Å². The van der Waals surface area contributed by atoms with E-state index >= 15 is 0 Å². The van der Waals surface area contributed by atoms with Crippen LogP contribution in [0.3, 0.4) is 0 Å². The van der Waals surface area contributed by atoms with Gasteiger partial charge in [-0.25, -0.2) is 13.1 Å². The van der Waals surface area contributed by atoms with Crippen molar-refractivity contribution in [2.75, 3.05) is 38.5 Å². The zero-order valence-corrected chi connectivity index (χ0v) is 21.4. The number of rotatable bonds is 7. The molecule has 2 fully saturated rings. The number of aryl methyl sites for hydroxylation is 2. The van der Waals surface area contributed by atoms with Gasteiger partial charge >= 0.3 is 0 Å². The van der Waals surface area contributed by atoms with Crippen LogP contribution in [0.2, 0.25) is 0 Å². The second-order valence-corrected chi connectivity index (χ2v) is 11.9. The Kier molecular flexibility index (Phi) is 7.02. The van der Waals surface area contributed by atoms with Gasteiger partial charge in [-0.15, -0.1) is 5.10 Å². The molecule has 0 spiro atoms. The zero-order chi connectivity index (χ0) is 24.4. The maximum atomic E-state index is 12.9. The van der Waals surface area contributed by atoms with Gasteiger partial charge in [0.05, 0.1) is 30.7 Å². The lowest BCUT2D eigenvalue weighted by atomic mass is 10.1. The van der Waals surface area contributed by atoms with Crippen LogP contribution in [0.4, 0.5) is 0 Å². The highest BCUT2D eigenvalue weighted by Gasteiger charge is 2.40. The van der Waals surface area contributed by atoms with Gasteiger partial charge in [-0.3, -0.25) is 9.80 Å². The smallest absolute Gasteiger partial charge is 0.216 e. The number of hydrogen-bond donors (Lipinski definition) is 0. The molecule has 1 aromatic heterocycles. The van der Waals surface area contributed by atoms with E-state index in [1.165, 1.54) is 16.7 Å². The fourth-order valence-corrected chi connectivity index (χ4v) is 6.78. The molecule has 9 heteroatoms. The Morgan fingerprint density at radius 1 is 0.886 bits per heavy atom. The van der Waals surface area contributed by atoms with Gasteiger partial charge < -0.3 is 0 Å². The molecule has 0 bridgehead atoms. The van der Waals surface area contributed by atoms with Crippen molar-refractivity contribution in [3.8, 4) is 0 Å². The summed E-state index contributed by atoms with van der Waals surface area (Å²) in [5.41, 5.74) is 5.66. The first-order valence-corrected chi connectivity index (χ1v) is 13.9. The van der Waals surface area contributed by atoms with Crippen molar-refractivity contribution < 1.29 is 8.42 Å². The summed E-state index contributed by atoms with van der Waals surface area (Å²) in [6, 6.07) is 17.0. The minimum absolute atomic E-state index is 0.0312. The first-order valence-electron chi connectivity index (χ1n) is 12.3. The zero-order valence-electron chi connectivity index (χ0n) is 20.5. The van der Waals surface area contributed by atoms with Crippen LogP contribution in [0.5, 0.6) is 0 Å². The maximum Gasteiger partial charge on any atom is 0.216 e. The quantitative estimate of drug-likeness (QED) is 0.502. The average molecular weight is 495 g/mol. The molecule has 2 aliphatic heterocycles. The molecule has 5 rings (SSSR count). The van der Waals surface area contributed by atoms with Gasteiger partial charge in [-0.05, 0) is 25.0 Å². The van der Waals surface area contributed by atoms with Gasteiger partial charge in [0.15, 0.2) is 0 Å². The number of piperazine rings is 1. The molecule has 2 saturated heterocycles. The highest BCUT2D eigenvalue weighted by molar-refractivity contribution is 7.89. The Morgan fingerprint density at radius 3 is 2.40 bits per heavy atom. The Balaban J connectivity index is 1.14. The van der Waals surface area contributed by atoms with Crippen LogP contribution in [0.25, 0.3) is 0 Å². The Bertz CT molecular complexity index is 1250. The molecule has 0 saturated carbocycles. The minimum Gasteiger partial charge on any atom is -0.297 e. The fraction of sp³-hybridized carbons (Fsp3) is 0.462. The van der Waals surface area contributed by atoms with Crippen molar-refractivity contribution >= 4 is 10.0 Å². The van der Waals surface area contributed by atoms with E-state index in [-0.39, 0.29) is 18.3 Å². The largest absolute Gasteiger partial charge is 0.297 e. The van der Waals surface area contributed by atoms with E-state index < -0.39 is 10.0 Å². The molecule has 8 nitrogen and oxygen atoms in total. The number of nitrogens with zero attached hydrogens (tertiary/aromatic N) is 6. The molecule has 2 aromatic carbocycles. The van der Waals surface area contributed by atoms with Crippen LogP contribution in [-0.4, -0.2) is 82.0 Å². The molecular formula is C26H34N6O2S. The van der Waals surface area contributed by atoms with Crippen molar-refractivity contribution in [2.45, 2.75) is 39.5 Å². The topological polar surface area (TPSA) is 74.6 Å². The number of sulfonamides is 1. The van der Waals surface area contributed by atoms with Gasteiger partial charge in [-0.1, -0.05) is 64.9 Å². The van der Waals surface area contributed by atoms with Crippen LogP contribution in [0.15, 0.2) is 54.7 Å². The van der Waals surface area contributed by atoms with Crippen LogP contribution in [-0.2, 0) is 29.7 Å². The van der Waals surface area contributed by atoms with Crippen molar-refractivity contribution in [3.05, 3.63) is 82.7 Å². The number of aromatic nitrogens is 3. The van der Waals surface area contributed by atoms with E-state index in [2.05, 4.69) is 82.5 Å². The second-order valence-electron chi connectivity index (χ2n) is 9.92. The maximum absolute atomic E-state index is 12.9. The van der Waals surface area contributed by atoms with Crippen LogP contribution < -0.4 is 0 Å². The average Bonchev–Trinajstić information content (AvgIpc) is 3.39. The lowest BCUT2D eigenvalue weighted by Crippen LogP contribution is -2.51. The molecule has 1 atom stereocenters. The molecule has 0 aliphatic carbocycles. The molecule has 2 aliphatic rings. The summed E-state index contributed by atoms with van der Waals surface area (Å²) in [4.78, 5) is 4.80. The summed E-state index contributed by atoms with van der Waals surface area (Å²) in [7, 11) is -3.30. The molecule has 0 radical (unpaired) electrons. The highest BCUT2D eigenvalue weighted by atomic mass is 32.2. The van der Waals surface area contributed by atoms with Crippen LogP contribution >= 0.6 is 0 Å². The lowest BCUT2D eigenvalue weighted by Gasteiger charge is -2.37. The van der Waals surface area contributed by atoms with Gasteiger partial charge in [0.2, 0.25) is 10.0 Å². The monoisotopic (exact) mass is 494 g/mol. The van der Waals surface area contributed by atoms with Gasteiger partial charge in [0.1, 0.15) is 0 Å². The standard InChI is InChI=1S/C26H34N6O2S/c1-21-6-8-23(9-7-21)16-31-17-25(27-28-31)18-32-19-26(20-35(32,33)34)30-12-10-29(11-13-30)15-24-5-3-4-22(2)14-24/h3-9,14,17,26H,10-13,15-16,18-20H2,1-2H3. The summed E-state index contributed by atoms with van der Waals surface area (Å²) in [5, 5.41) is 8.45. The highest BCUT2D eigenvalue weighted by Crippen LogP contribution is 2.22. The van der Waals surface area contributed by atoms with E-state index in [4.69, 9.17) is 0 Å². The lowest BCUT2D eigenvalue weighted by molar-refractivity contribution is 0.0966. The van der Waals surface area contributed by atoms with Crippen molar-refractivity contribution in [2.24, 2.45) is 0 Å². The number of benzene rings is 2. The molecule has 0 amide bonds. The van der Waals surface area contributed by atoms with Crippen LogP contribution in [0.1, 0.15) is 27.9 Å². The predicted octanol–water partition coefficient (Wildman–Crippen LogP) is 2.28.